The van der Waals surface area contributed by atoms with Gasteiger partial charge in [0.15, 0.2) is 0 Å². The first-order valence-electron chi connectivity index (χ1n) is 6.80. The predicted octanol–water partition coefficient (Wildman–Crippen LogP) is 3.34. The zero-order chi connectivity index (χ0) is 13.2. The van der Waals surface area contributed by atoms with Gasteiger partial charge in [0.25, 0.3) is 5.91 Å². The van der Waals surface area contributed by atoms with Gasteiger partial charge in [0.05, 0.1) is 0 Å². The predicted molar refractivity (Wildman–Crippen MR) is 81.5 cm³/mol. The van der Waals surface area contributed by atoms with E-state index < -0.39 is 0 Å². The molecule has 3 rings (SSSR count). The van der Waals surface area contributed by atoms with E-state index in [1.807, 2.05) is 23.9 Å². The Bertz CT molecular complexity index is 480. The third-order valence-corrected chi connectivity index (χ3v) is 5.99. The third kappa shape index (κ3) is 2.68. The van der Waals surface area contributed by atoms with Gasteiger partial charge in [-0.05, 0) is 40.9 Å². The third-order valence-electron chi connectivity index (χ3n) is 3.95. The highest BCUT2D eigenvalue weighted by atomic mass is 79.9. The number of amides is 1. The van der Waals surface area contributed by atoms with Crippen LogP contribution in [-0.4, -0.2) is 39.4 Å². The Kier molecular flexibility index (Phi) is 4.12. The van der Waals surface area contributed by atoms with E-state index in [0.29, 0.717) is 17.0 Å². The second-order valence-corrected chi connectivity index (χ2v) is 7.29. The first kappa shape index (κ1) is 13.4. The molecule has 1 aliphatic carbocycles. The molecular formula is C14H17BrN2OS. The molecule has 1 aromatic rings. The lowest BCUT2D eigenvalue weighted by molar-refractivity contribution is 0.0639. The maximum Gasteiger partial charge on any atom is 0.273 e. The van der Waals surface area contributed by atoms with Crippen LogP contribution in [0.4, 0.5) is 0 Å². The summed E-state index contributed by atoms with van der Waals surface area (Å²) in [5.41, 5.74) is 0.554. The van der Waals surface area contributed by atoms with Crippen molar-refractivity contribution in [3.05, 3.63) is 28.5 Å². The molecule has 2 aliphatic rings. The maximum atomic E-state index is 12.7. The minimum absolute atomic E-state index is 0.0877. The van der Waals surface area contributed by atoms with E-state index in [-0.39, 0.29) is 5.91 Å². The van der Waals surface area contributed by atoms with E-state index in [1.165, 1.54) is 19.3 Å². The number of thioether (sulfide) groups is 1. The summed E-state index contributed by atoms with van der Waals surface area (Å²) in [4.78, 5) is 19.0. The summed E-state index contributed by atoms with van der Waals surface area (Å²) >= 11 is 5.48. The molecule has 1 aromatic heterocycles. The summed E-state index contributed by atoms with van der Waals surface area (Å²) in [6, 6.07) is 4.14. The van der Waals surface area contributed by atoms with Gasteiger partial charge in [-0.25, -0.2) is 4.98 Å². The maximum absolute atomic E-state index is 12.7. The van der Waals surface area contributed by atoms with Crippen LogP contribution in [-0.2, 0) is 0 Å². The average Bonchev–Trinajstić information content (AvgIpc) is 2.46. The van der Waals surface area contributed by atoms with Crippen LogP contribution in [0.15, 0.2) is 22.8 Å². The van der Waals surface area contributed by atoms with Crippen LogP contribution in [0, 0.1) is 0 Å². The van der Waals surface area contributed by atoms with Gasteiger partial charge in [0.1, 0.15) is 5.69 Å². The fourth-order valence-corrected chi connectivity index (χ4v) is 4.90. The van der Waals surface area contributed by atoms with Gasteiger partial charge in [-0.3, -0.25) is 4.79 Å². The molecule has 1 saturated heterocycles. The first-order valence-corrected chi connectivity index (χ1v) is 8.64. The lowest BCUT2D eigenvalue weighted by Crippen LogP contribution is -2.51. The molecule has 2 atom stereocenters. The molecule has 1 saturated carbocycles. The van der Waals surface area contributed by atoms with Gasteiger partial charge < -0.3 is 4.90 Å². The summed E-state index contributed by atoms with van der Waals surface area (Å²) in [5.74, 6) is 1.14. The molecule has 5 heteroatoms. The zero-order valence-electron chi connectivity index (χ0n) is 10.7. The summed E-state index contributed by atoms with van der Waals surface area (Å²) in [7, 11) is 0. The molecule has 1 aliphatic heterocycles. The van der Waals surface area contributed by atoms with Crippen molar-refractivity contribution in [2.24, 2.45) is 0 Å². The van der Waals surface area contributed by atoms with Crippen molar-refractivity contribution in [3.8, 4) is 0 Å². The summed E-state index contributed by atoms with van der Waals surface area (Å²) in [5, 5.41) is 0.633. The molecule has 0 unspecified atom stereocenters. The topological polar surface area (TPSA) is 33.2 Å². The fraction of sp³-hybridized carbons (Fsp3) is 0.571. The zero-order valence-corrected chi connectivity index (χ0v) is 13.1. The number of pyridine rings is 1. The average molecular weight is 341 g/mol. The molecule has 2 heterocycles. The molecule has 2 fully saturated rings. The monoisotopic (exact) mass is 340 g/mol. The molecule has 0 aromatic carbocycles. The largest absolute Gasteiger partial charge is 0.332 e. The Morgan fingerprint density at radius 3 is 3.11 bits per heavy atom. The second kappa shape index (κ2) is 5.83. The Hall–Kier alpha value is -0.550. The van der Waals surface area contributed by atoms with Gasteiger partial charge in [0, 0.05) is 34.3 Å². The van der Waals surface area contributed by atoms with Crippen molar-refractivity contribution in [3.63, 3.8) is 0 Å². The van der Waals surface area contributed by atoms with Crippen LogP contribution in [0.1, 0.15) is 36.2 Å². The summed E-state index contributed by atoms with van der Waals surface area (Å²) < 4.78 is 0.797. The molecule has 1 amide bonds. The second-order valence-electron chi connectivity index (χ2n) is 5.09. The van der Waals surface area contributed by atoms with E-state index in [2.05, 4.69) is 25.8 Å². The number of fused-ring (bicyclic) bond motifs is 1. The molecule has 19 heavy (non-hydrogen) atoms. The number of carbonyl (C=O) groups is 1. The lowest BCUT2D eigenvalue weighted by atomic mass is 9.93. The van der Waals surface area contributed by atoms with Crippen LogP contribution in [0.2, 0.25) is 0 Å². The molecule has 102 valence electrons. The molecule has 0 bridgehead atoms. The van der Waals surface area contributed by atoms with Gasteiger partial charge in [-0.2, -0.15) is 11.8 Å². The highest BCUT2D eigenvalue weighted by Gasteiger charge is 2.37. The summed E-state index contributed by atoms with van der Waals surface area (Å²) in [6.07, 6.45) is 6.64. The van der Waals surface area contributed by atoms with E-state index in [4.69, 9.17) is 0 Å². The Morgan fingerprint density at radius 1 is 1.42 bits per heavy atom. The van der Waals surface area contributed by atoms with Crippen molar-refractivity contribution in [2.45, 2.75) is 37.0 Å². The van der Waals surface area contributed by atoms with Gasteiger partial charge >= 0.3 is 0 Å². The van der Waals surface area contributed by atoms with Crippen LogP contribution >= 0.6 is 27.7 Å². The van der Waals surface area contributed by atoms with Gasteiger partial charge in [-0.1, -0.05) is 12.8 Å². The number of nitrogens with zero attached hydrogens (tertiary/aromatic N) is 2. The highest BCUT2D eigenvalue weighted by molar-refractivity contribution is 9.10. The van der Waals surface area contributed by atoms with Crippen LogP contribution in [0.5, 0.6) is 0 Å². The minimum Gasteiger partial charge on any atom is -0.332 e. The molecule has 0 N–H and O–H groups in total. The quantitative estimate of drug-likeness (QED) is 0.785. The van der Waals surface area contributed by atoms with E-state index in [1.54, 1.807) is 6.20 Å². The lowest BCUT2D eigenvalue weighted by Gasteiger charge is -2.43. The van der Waals surface area contributed by atoms with E-state index in [9.17, 15) is 4.79 Å². The number of rotatable bonds is 1. The van der Waals surface area contributed by atoms with Crippen LogP contribution < -0.4 is 0 Å². The molecule has 0 radical (unpaired) electrons. The van der Waals surface area contributed by atoms with Crippen LogP contribution in [0.3, 0.4) is 0 Å². The standard InChI is InChI=1S/C14H17BrN2OS/c15-10-4-3-7-16-13(10)14(18)17-8-9-19-12-6-2-1-5-11(12)17/h3-4,7,11-12H,1-2,5-6,8-9H2/t11-,12-/m1/s1. The Labute approximate surface area is 126 Å². The van der Waals surface area contributed by atoms with Crippen molar-refractivity contribution in [1.82, 2.24) is 9.88 Å². The van der Waals surface area contributed by atoms with E-state index in [0.717, 1.165) is 23.2 Å². The Balaban J connectivity index is 1.84. The van der Waals surface area contributed by atoms with Crippen molar-refractivity contribution < 1.29 is 4.79 Å². The normalized spacial score (nSPS) is 26.9. The van der Waals surface area contributed by atoms with Crippen molar-refractivity contribution in [2.75, 3.05) is 12.3 Å². The Morgan fingerprint density at radius 2 is 2.26 bits per heavy atom. The fourth-order valence-electron chi connectivity index (χ4n) is 3.03. The van der Waals surface area contributed by atoms with Crippen molar-refractivity contribution in [1.29, 1.82) is 0 Å². The SMILES string of the molecule is O=C(c1ncccc1Br)N1CCS[C@@H]2CCCC[C@H]21. The molecule has 0 spiro atoms. The van der Waals surface area contributed by atoms with Gasteiger partial charge in [-0.15, -0.1) is 0 Å². The van der Waals surface area contributed by atoms with E-state index >= 15 is 0 Å². The smallest absolute Gasteiger partial charge is 0.273 e. The summed E-state index contributed by atoms with van der Waals surface area (Å²) in [6.45, 7) is 0.855. The van der Waals surface area contributed by atoms with Gasteiger partial charge in [0.2, 0.25) is 0 Å². The number of hydrogen-bond donors (Lipinski definition) is 0. The number of carbonyl (C=O) groups excluding carboxylic acids is 1. The first-order chi connectivity index (χ1) is 9.27. The van der Waals surface area contributed by atoms with Crippen molar-refractivity contribution >= 4 is 33.6 Å². The highest BCUT2D eigenvalue weighted by Crippen LogP contribution is 2.36. The molecular weight excluding hydrogens is 324 g/mol. The minimum atomic E-state index is 0.0877. The van der Waals surface area contributed by atoms with Crippen LogP contribution in [0.25, 0.3) is 0 Å². The number of hydrogen-bond acceptors (Lipinski definition) is 3. The number of halogens is 1. The number of aromatic nitrogens is 1. The molecule has 3 nitrogen and oxygen atoms in total.